The van der Waals surface area contributed by atoms with Gasteiger partial charge in [0.05, 0.1) is 9.82 Å². The molecule has 1 amide bonds. The average Bonchev–Trinajstić information content (AvgIpc) is 2.69. The van der Waals surface area contributed by atoms with E-state index in [1.165, 1.54) is 48.5 Å². The highest BCUT2D eigenvalue weighted by Crippen LogP contribution is 2.25. The molecule has 0 heterocycles. The third kappa shape index (κ3) is 4.54. The number of carbonyl (C=O) groups is 1. The SMILES string of the molecule is O=C(N=[S@](=O)(Oc1ccc([N+](=O)[O-])cc1)c1ccc(Cl)cc1)c1ccccc1. The fraction of sp³-hybridized carbons (Fsp3) is 0. The van der Waals surface area contributed by atoms with Crippen molar-refractivity contribution in [3.63, 3.8) is 0 Å². The van der Waals surface area contributed by atoms with Crippen molar-refractivity contribution in [1.82, 2.24) is 0 Å². The van der Waals surface area contributed by atoms with Crippen LogP contribution in [0.1, 0.15) is 10.4 Å². The Labute approximate surface area is 166 Å². The number of nitro benzene ring substituents is 1. The van der Waals surface area contributed by atoms with Gasteiger partial charge < -0.3 is 4.18 Å². The van der Waals surface area contributed by atoms with Crippen LogP contribution in [0.3, 0.4) is 0 Å². The van der Waals surface area contributed by atoms with E-state index in [1.54, 1.807) is 30.3 Å². The molecule has 0 N–H and O–H groups in total. The fourth-order valence-corrected chi connectivity index (χ4v) is 3.76. The Morgan fingerprint density at radius 3 is 2.14 bits per heavy atom. The number of benzene rings is 3. The van der Waals surface area contributed by atoms with Crippen molar-refractivity contribution in [1.29, 1.82) is 0 Å². The quantitative estimate of drug-likeness (QED) is 0.434. The summed E-state index contributed by atoms with van der Waals surface area (Å²) in [5.41, 5.74) is 0.0964. The Morgan fingerprint density at radius 2 is 1.57 bits per heavy atom. The van der Waals surface area contributed by atoms with Gasteiger partial charge in [-0.25, -0.2) is 4.21 Å². The van der Waals surface area contributed by atoms with Gasteiger partial charge in [-0.05, 0) is 48.5 Å². The highest BCUT2D eigenvalue weighted by molar-refractivity contribution is 7.89. The average molecular weight is 417 g/mol. The third-order valence-corrected chi connectivity index (χ3v) is 5.54. The lowest BCUT2D eigenvalue weighted by Crippen LogP contribution is -2.13. The lowest BCUT2D eigenvalue weighted by molar-refractivity contribution is -0.384. The first-order chi connectivity index (χ1) is 13.4. The van der Waals surface area contributed by atoms with E-state index in [0.29, 0.717) is 5.02 Å². The van der Waals surface area contributed by atoms with Crippen LogP contribution in [0.2, 0.25) is 5.02 Å². The minimum absolute atomic E-state index is 0.0650. The van der Waals surface area contributed by atoms with E-state index >= 15 is 0 Å². The topological polar surface area (TPSA) is 98.9 Å². The van der Waals surface area contributed by atoms with Gasteiger partial charge in [0.1, 0.15) is 5.75 Å². The summed E-state index contributed by atoms with van der Waals surface area (Å²) < 4.78 is 22.8. The number of hydrogen-bond donors (Lipinski definition) is 0. The Kier molecular flexibility index (Phi) is 5.72. The number of amides is 1. The summed E-state index contributed by atoms with van der Waals surface area (Å²) in [6.07, 6.45) is 0. The normalized spacial score (nSPS) is 12.6. The van der Waals surface area contributed by atoms with Gasteiger partial charge in [0.25, 0.3) is 11.6 Å². The van der Waals surface area contributed by atoms with Gasteiger partial charge in [-0.2, -0.15) is 0 Å². The van der Waals surface area contributed by atoms with Crippen molar-refractivity contribution in [2.45, 2.75) is 4.90 Å². The molecule has 142 valence electrons. The summed E-state index contributed by atoms with van der Waals surface area (Å²) in [4.78, 5) is 22.9. The molecule has 0 saturated carbocycles. The van der Waals surface area contributed by atoms with Crippen LogP contribution in [0.15, 0.2) is 88.1 Å². The van der Waals surface area contributed by atoms with Gasteiger partial charge in [0.2, 0.25) is 10.0 Å². The molecule has 0 spiro atoms. The number of non-ortho nitro benzene ring substituents is 1. The van der Waals surface area contributed by atoms with Crippen LogP contribution < -0.4 is 4.18 Å². The van der Waals surface area contributed by atoms with Crippen molar-refractivity contribution in [2.24, 2.45) is 4.36 Å². The predicted octanol–water partition coefficient (Wildman–Crippen LogP) is 4.91. The zero-order valence-electron chi connectivity index (χ0n) is 14.2. The van der Waals surface area contributed by atoms with Crippen molar-refractivity contribution in [3.05, 3.63) is 99.6 Å². The van der Waals surface area contributed by atoms with Crippen LogP contribution in [0, 0.1) is 10.1 Å². The molecule has 0 radical (unpaired) electrons. The third-order valence-electron chi connectivity index (χ3n) is 3.59. The van der Waals surface area contributed by atoms with E-state index in [-0.39, 0.29) is 21.9 Å². The molecule has 3 rings (SSSR count). The monoisotopic (exact) mass is 416 g/mol. The van der Waals surface area contributed by atoms with E-state index in [2.05, 4.69) is 4.36 Å². The highest BCUT2D eigenvalue weighted by Gasteiger charge is 2.19. The standard InChI is InChI=1S/C19H13ClN2O5S/c20-15-6-12-18(13-7-15)28(26,21-19(23)14-4-2-1-3-5-14)27-17-10-8-16(9-11-17)22(24)25/h1-13H/t28-/m1/s1. The Hall–Kier alpha value is -3.23. The first kappa shape index (κ1) is 19.5. The van der Waals surface area contributed by atoms with Gasteiger partial charge in [0.15, 0.2) is 0 Å². The van der Waals surface area contributed by atoms with E-state index in [9.17, 15) is 19.1 Å². The number of rotatable bonds is 5. The molecule has 3 aromatic carbocycles. The molecular formula is C19H13ClN2O5S. The maximum Gasteiger partial charge on any atom is 0.287 e. The Morgan fingerprint density at radius 1 is 0.964 bits per heavy atom. The summed E-state index contributed by atoms with van der Waals surface area (Å²) in [5, 5.41) is 11.2. The molecule has 9 heteroatoms. The van der Waals surface area contributed by atoms with E-state index in [4.69, 9.17) is 15.8 Å². The zero-order valence-corrected chi connectivity index (χ0v) is 15.8. The van der Waals surface area contributed by atoms with Crippen LogP contribution in [0.25, 0.3) is 0 Å². The summed E-state index contributed by atoms with van der Waals surface area (Å²) in [5.74, 6) is -0.655. The summed E-state index contributed by atoms with van der Waals surface area (Å²) in [6, 6.07) is 19.0. The molecule has 3 aromatic rings. The van der Waals surface area contributed by atoms with Crippen LogP contribution in [0.5, 0.6) is 5.75 Å². The minimum Gasteiger partial charge on any atom is -0.392 e. The molecule has 7 nitrogen and oxygen atoms in total. The first-order valence-electron chi connectivity index (χ1n) is 7.93. The second-order valence-corrected chi connectivity index (χ2v) is 7.73. The first-order valence-corrected chi connectivity index (χ1v) is 9.75. The molecule has 0 unspecified atom stereocenters. The van der Waals surface area contributed by atoms with E-state index in [1.807, 2.05) is 0 Å². The van der Waals surface area contributed by atoms with Crippen LogP contribution in [-0.2, 0) is 10.0 Å². The summed E-state index contributed by atoms with van der Waals surface area (Å²) in [7, 11) is -3.67. The predicted molar refractivity (Wildman–Crippen MR) is 105 cm³/mol. The molecule has 0 bridgehead atoms. The molecule has 0 saturated heterocycles. The Bertz CT molecular complexity index is 1120. The van der Waals surface area contributed by atoms with Gasteiger partial charge in [-0.1, -0.05) is 29.8 Å². The lowest BCUT2D eigenvalue weighted by Gasteiger charge is -2.12. The van der Waals surface area contributed by atoms with E-state index < -0.39 is 20.8 Å². The van der Waals surface area contributed by atoms with Crippen molar-refractivity contribution in [2.75, 3.05) is 0 Å². The van der Waals surface area contributed by atoms with Crippen LogP contribution in [-0.4, -0.2) is 15.0 Å². The number of hydrogen-bond acceptors (Lipinski definition) is 5. The molecule has 0 aromatic heterocycles. The largest absolute Gasteiger partial charge is 0.392 e. The molecular weight excluding hydrogens is 404 g/mol. The number of halogens is 1. The number of carbonyl (C=O) groups excluding carboxylic acids is 1. The van der Waals surface area contributed by atoms with Gasteiger partial charge in [0, 0.05) is 22.7 Å². The van der Waals surface area contributed by atoms with Crippen LogP contribution in [0.4, 0.5) is 5.69 Å². The molecule has 0 aliphatic heterocycles. The Balaban J connectivity index is 2.05. The number of nitrogens with zero attached hydrogens (tertiary/aromatic N) is 2. The molecule has 0 fully saturated rings. The maximum atomic E-state index is 13.5. The minimum atomic E-state index is -3.67. The molecule has 28 heavy (non-hydrogen) atoms. The molecule has 1 atom stereocenters. The van der Waals surface area contributed by atoms with Crippen molar-refractivity contribution >= 4 is 33.2 Å². The molecule has 0 aliphatic rings. The van der Waals surface area contributed by atoms with Gasteiger partial charge in [-0.15, -0.1) is 4.36 Å². The maximum absolute atomic E-state index is 13.5. The van der Waals surface area contributed by atoms with Gasteiger partial charge in [-0.3, -0.25) is 14.9 Å². The smallest absolute Gasteiger partial charge is 0.287 e. The second-order valence-electron chi connectivity index (χ2n) is 5.53. The summed E-state index contributed by atoms with van der Waals surface area (Å²) in [6.45, 7) is 0. The molecule has 0 aliphatic carbocycles. The zero-order chi connectivity index (χ0) is 20.1. The summed E-state index contributed by atoms with van der Waals surface area (Å²) >= 11 is 5.88. The van der Waals surface area contributed by atoms with Crippen molar-refractivity contribution < 1.29 is 18.1 Å². The lowest BCUT2D eigenvalue weighted by atomic mass is 10.2. The highest BCUT2D eigenvalue weighted by atomic mass is 35.5. The van der Waals surface area contributed by atoms with Crippen molar-refractivity contribution in [3.8, 4) is 5.75 Å². The van der Waals surface area contributed by atoms with E-state index in [0.717, 1.165) is 0 Å². The van der Waals surface area contributed by atoms with Gasteiger partial charge >= 0.3 is 0 Å². The van der Waals surface area contributed by atoms with Crippen LogP contribution >= 0.6 is 11.6 Å². The fourth-order valence-electron chi connectivity index (χ4n) is 2.22. The second kappa shape index (κ2) is 8.20. The number of nitro groups is 1.